The molecule has 6 nitrogen and oxygen atoms in total. The minimum Gasteiger partial charge on any atom is -0.497 e. The van der Waals surface area contributed by atoms with Crippen LogP contribution in [0.2, 0.25) is 0 Å². The smallest absolute Gasteiger partial charge is 0.471 e. The third-order valence-corrected chi connectivity index (χ3v) is 2.66. The Kier molecular flexibility index (Phi) is 5.50. The van der Waals surface area contributed by atoms with Crippen LogP contribution in [0.1, 0.15) is 16.8 Å². The molecule has 0 aliphatic heterocycles. The SMILES string of the molecule is COc1ccc(C(=O)C[C@H](NC(=O)C(F)(F)F)C(=O)O)cc1. The summed E-state index contributed by atoms with van der Waals surface area (Å²) in [6.45, 7) is 0. The van der Waals surface area contributed by atoms with Crippen LogP contribution >= 0.6 is 0 Å². The average molecular weight is 319 g/mol. The van der Waals surface area contributed by atoms with Crippen LogP contribution < -0.4 is 10.1 Å². The van der Waals surface area contributed by atoms with Gasteiger partial charge in [0.25, 0.3) is 0 Å². The molecule has 1 aromatic rings. The Balaban J connectivity index is 2.79. The Morgan fingerprint density at radius 2 is 1.77 bits per heavy atom. The lowest BCUT2D eigenvalue weighted by molar-refractivity contribution is -0.175. The van der Waals surface area contributed by atoms with E-state index in [0.29, 0.717) is 5.75 Å². The lowest BCUT2D eigenvalue weighted by Gasteiger charge is -2.15. The monoisotopic (exact) mass is 319 g/mol. The number of benzene rings is 1. The number of carbonyl (C=O) groups is 3. The van der Waals surface area contributed by atoms with Crippen molar-refractivity contribution in [3.63, 3.8) is 0 Å². The van der Waals surface area contributed by atoms with Crippen LogP contribution in [0.5, 0.6) is 5.75 Å². The highest BCUT2D eigenvalue weighted by Crippen LogP contribution is 2.16. The van der Waals surface area contributed by atoms with Gasteiger partial charge in [0, 0.05) is 12.0 Å². The third kappa shape index (κ3) is 4.76. The fourth-order valence-electron chi connectivity index (χ4n) is 1.52. The van der Waals surface area contributed by atoms with E-state index in [1.807, 2.05) is 0 Å². The number of rotatable bonds is 6. The predicted molar refractivity (Wildman–Crippen MR) is 67.6 cm³/mol. The Morgan fingerprint density at radius 1 is 1.23 bits per heavy atom. The van der Waals surface area contributed by atoms with Gasteiger partial charge in [0.2, 0.25) is 0 Å². The largest absolute Gasteiger partial charge is 0.497 e. The van der Waals surface area contributed by atoms with E-state index < -0.39 is 36.3 Å². The molecular weight excluding hydrogens is 307 g/mol. The fourth-order valence-corrected chi connectivity index (χ4v) is 1.52. The predicted octanol–water partition coefficient (Wildman–Crippen LogP) is 1.40. The van der Waals surface area contributed by atoms with Gasteiger partial charge in [-0.1, -0.05) is 0 Å². The molecule has 22 heavy (non-hydrogen) atoms. The zero-order chi connectivity index (χ0) is 16.9. The molecule has 0 spiro atoms. The molecule has 1 amide bonds. The van der Waals surface area contributed by atoms with Crippen molar-refractivity contribution in [2.45, 2.75) is 18.6 Å². The summed E-state index contributed by atoms with van der Waals surface area (Å²) in [6.07, 6.45) is -6.03. The van der Waals surface area contributed by atoms with Gasteiger partial charge in [-0.15, -0.1) is 0 Å². The first kappa shape index (κ1) is 17.5. The lowest BCUT2D eigenvalue weighted by atomic mass is 10.0. The van der Waals surface area contributed by atoms with Crippen LogP contribution in [0.15, 0.2) is 24.3 Å². The number of carboxylic acids is 1. The summed E-state index contributed by atoms with van der Waals surface area (Å²) in [6, 6.07) is 3.59. The number of methoxy groups -OCH3 is 1. The van der Waals surface area contributed by atoms with Crippen molar-refractivity contribution in [2.24, 2.45) is 0 Å². The molecule has 0 radical (unpaired) electrons. The molecule has 0 unspecified atom stereocenters. The van der Waals surface area contributed by atoms with Crippen molar-refractivity contribution in [3.8, 4) is 5.75 Å². The molecule has 0 aromatic heterocycles. The molecule has 0 saturated heterocycles. The Hall–Kier alpha value is -2.58. The van der Waals surface area contributed by atoms with E-state index >= 15 is 0 Å². The molecule has 0 aliphatic rings. The number of aliphatic carboxylic acids is 1. The van der Waals surface area contributed by atoms with E-state index in [1.54, 1.807) is 0 Å². The molecule has 1 aromatic carbocycles. The summed E-state index contributed by atoms with van der Waals surface area (Å²) < 4.78 is 41.2. The number of ether oxygens (including phenoxy) is 1. The van der Waals surface area contributed by atoms with Gasteiger partial charge in [0.05, 0.1) is 7.11 Å². The van der Waals surface area contributed by atoms with E-state index in [-0.39, 0.29) is 5.56 Å². The van der Waals surface area contributed by atoms with E-state index in [4.69, 9.17) is 9.84 Å². The maximum Gasteiger partial charge on any atom is 0.471 e. The van der Waals surface area contributed by atoms with Gasteiger partial charge in [-0.05, 0) is 24.3 Å². The molecule has 0 aliphatic carbocycles. The van der Waals surface area contributed by atoms with Crippen molar-refractivity contribution in [1.82, 2.24) is 5.32 Å². The van der Waals surface area contributed by atoms with Crippen LogP contribution in [0.25, 0.3) is 0 Å². The number of hydrogen-bond acceptors (Lipinski definition) is 4. The number of hydrogen-bond donors (Lipinski definition) is 2. The number of carbonyl (C=O) groups excluding carboxylic acids is 2. The topological polar surface area (TPSA) is 92.7 Å². The van der Waals surface area contributed by atoms with Crippen molar-refractivity contribution in [1.29, 1.82) is 0 Å². The summed E-state index contributed by atoms with van der Waals surface area (Å²) in [5.74, 6) is -4.42. The summed E-state index contributed by atoms with van der Waals surface area (Å²) in [5, 5.41) is 10.1. The molecule has 120 valence electrons. The van der Waals surface area contributed by atoms with E-state index in [0.717, 1.165) is 0 Å². The van der Waals surface area contributed by atoms with Crippen LogP contribution in [-0.2, 0) is 9.59 Å². The highest BCUT2D eigenvalue weighted by molar-refractivity contribution is 5.99. The number of alkyl halides is 3. The molecule has 2 N–H and O–H groups in total. The zero-order valence-corrected chi connectivity index (χ0v) is 11.3. The Labute approximate surface area is 122 Å². The Bertz CT molecular complexity index is 568. The van der Waals surface area contributed by atoms with Crippen molar-refractivity contribution in [3.05, 3.63) is 29.8 Å². The summed E-state index contributed by atoms with van der Waals surface area (Å²) in [7, 11) is 1.41. The summed E-state index contributed by atoms with van der Waals surface area (Å²) >= 11 is 0. The fraction of sp³-hybridized carbons (Fsp3) is 0.308. The normalized spacial score (nSPS) is 12.4. The maximum atomic E-state index is 12.1. The molecule has 1 atom stereocenters. The second-order valence-electron chi connectivity index (χ2n) is 4.22. The zero-order valence-electron chi connectivity index (χ0n) is 11.3. The quantitative estimate of drug-likeness (QED) is 0.773. The minimum absolute atomic E-state index is 0.0910. The average Bonchev–Trinajstić information content (AvgIpc) is 2.45. The van der Waals surface area contributed by atoms with Gasteiger partial charge in [0.1, 0.15) is 11.8 Å². The van der Waals surface area contributed by atoms with Crippen LogP contribution in [0, 0.1) is 0 Å². The van der Waals surface area contributed by atoms with E-state index in [9.17, 15) is 27.6 Å². The third-order valence-electron chi connectivity index (χ3n) is 2.66. The van der Waals surface area contributed by atoms with Crippen LogP contribution in [0.3, 0.4) is 0 Å². The second-order valence-corrected chi connectivity index (χ2v) is 4.22. The van der Waals surface area contributed by atoms with Gasteiger partial charge in [-0.25, -0.2) is 4.79 Å². The summed E-state index contributed by atoms with van der Waals surface area (Å²) in [5.41, 5.74) is 0.0910. The second kappa shape index (κ2) is 6.92. The number of ketones is 1. The first-order valence-corrected chi connectivity index (χ1v) is 5.93. The highest BCUT2D eigenvalue weighted by Gasteiger charge is 2.41. The van der Waals surface area contributed by atoms with Crippen LogP contribution in [0.4, 0.5) is 13.2 Å². The van der Waals surface area contributed by atoms with E-state index in [1.165, 1.54) is 36.7 Å². The highest BCUT2D eigenvalue weighted by atomic mass is 19.4. The Morgan fingerprint density at radius 3 is 2.18 bits per heavy atom. The van der Waals surface area contributed by atoms with Gasteiger partial charge in [0.15, 0.2) is 5.78 Å². The maximum absolute atomic E-state index is 12.1. The first-order valence-electron chi connectivity index (χ1n) is 5.93. The number of halogens is 3. The number of nitrogens with one attached hydrogen (secondary N) is 1. The molecule has 1 rings (SSSR count). The van der Waals surface area contributed by atoms with Crippen molar-refractivity contribution >= 4 is 17.7 Å². The summed E-state index contributed by atoms with van der Waals surface area (Å²) in [4.78, 5) is 33.5. The molecule has 0 bridgehead atoms. The molecular formula is C13H12F3NO5. The molecule has 0 fully saturated rings. The van der Waals surface area contributed by atoms with Gasteiger partial charge >= 0.3 is 18.1 Å². The van der Waals surface area contributed by atoms with Gasteiger partial charge in [-0.3, -0.25) is 9.59 Å². The molecule has 9 heteroatoms. The lowest BCUT2D eigenvalue weighted by Crippen LogP contribution is -2.47. The van der Waals surface area contributed by atoms with Gasteiger partial charge in [-0.2, -0.15) is 13.2 Å². The van der Waals surface area contributed by atoms with Crippen molar-refractivity contribution < 1.29 is 37.4 Å². The number of carboxylic acid groups (broad SMARTS) is 1. The first-order chi connectivity index (χ1) is 10.1. The minimum atomic E-state index is -5.23. The standard InChI is InChI=1S/C13H12F3NO5/c1-22-8-4-2-7(3-5-8)10(18)6-9(11(19)20)17-12(21)13(14,15)16/h2-5,9H,6H2,1H3,(H,17,21)(H,19,20)/t9-/m0/s1. The van der Waals surface area contributed by atoms with E-state index in [2.05, 4.69) is 0 Å². The van der Waals surface area contributed by atoms with Crippen LogP contribution in [-0.4, -0.2) is 42.1 Å². The molecule has 0 heterocycles. The number of amides is 1. The van der Waals surface area contributed by atoms with Crippen molar-refractivity contribution in [2.75, 3.05) is 7.11 Å². The molecule has 0 saturated carbocycles. The number of Topliss-reactive ketones (excluding diaryl/α,β-unsaturated/α-hetero) is 1. The van der Waals surface area contributed by atoms with Gasteiger partial charge < -0.3 is 15.2 Å².